The first-order valence-electron chi connectivity index (χ1n) is 7.06. The molecule has 0 aliphatic carbocycles. The van der Waals surface area contributed by atoms with Crippen molar-refractivity contribution in [2.45, 2.75) is 0 Å². The van der Waals surface area contributed by atoms with Crippen molar-refractivity contribution in [1.82, 2.24) is 9.97 Å². The Kier molecular flexibility index (Phi) is 6.52. The molecule has 3 rings (SSSR count). The topological polar surface area (TPSA) is 121 Å². The largest absolute Gasteiger partial charge is 0.434 e. The van der Waals surface area contributed by atoms with Gasteiger partial charge in [0, 0.05) is 24.5 Å². The lowest BCUT2D eigenvalue weighted by molar-refractivity contribution is -0.386. The van der Waals surface area contributed by atoms with Gasteiger partial charge in [-0.15, -0.1) is 0 Å². The molecule has 0 bridgehead atoms. The molecule has 0 amide bonds. The third-order valence-corrected chi connectivity index (χ3v) is 3.13. The fourth-order valence-electron chi connectivity index (χ4n) is 1.71. The minimum absolute atomic E-state index is 0.00120. The average molecular weight is 375 g/mol. The van der Waals surface area contributed by atoms with Crippen LogP contribution in [-0.4, -0.2) is 19.8 Å². The second-order valence-corrected chi connectivity index (χ2v) is 4.93. The van der Waals surface area contributed by atoms with Crippen LogP contribution < -0.4 is 4.74 Å². The Morgan fingerprint density at radius 2 is 1.38 bits per heavy atom. The molecule has 0 unspecified atom stereocenters. The second-order valence-electron chi connectivity index (χ2n) is 4.57. The van der Waals surface area contributed by atoms with Gasteiger partial charge in [0.1, 0.15) is 5.75 Å². The lowest BCUT2D eigenvalue weighted by atomic mass is 10.3. The van der Waals surface area contributed by atoms with Crippen LogP contribution in [0, 0.1) is 20.2 Å². The minimum atomic E-state index is -0.574. The second kappa shape index (κ2) is 9.04. The zero-order valence-corrected chi connectivity index (χ0v) is 13.8. The number of aromatic nitrogens is 2. The van der Waals surface area contributed by atoms with Gasteiger partial charge in [-0.1, -0.05) is 29.8 Å². The van der Waals surface area contributed by atoms with E-state index >= 15 is 0 Å². The van der Waals surface area contributed by atoms with Crippen LogP contribution in [-0.2, 0) is 0 Å². The molecular weight excluding hydrogens is 364 g/mol. The maximum absolute atomic E-state index is 10.7. The molecule has 132 valence electrons. The molecule has 0 saturated heterocycles. The highest BCUT2D eigenvalue weighted by atomic mass is 35.5. The molecule has 0 spiro atoms. The van der Waals surface area contributed by atoms with E-state index in [2.05, 4.69) is 9.97 Å². The van der Waals surface area contributed by atoms with Crippen molar-refractivity contribution in [3.8, 4) is 11.6 Å². The van der Waals surface area contributed by atoms with Crippen LogP contribution in [0.25, 0.3) is 0 Å². The molecule has 0 saturated carbocycles. The maximum Gasteiger partial charge on any atom is 0.331 e. The van der Waals surface area contributed by atoms with E-state index in [9.17, 15) is 20.2 Å². The molecule has 9 nitrogen and oxygen atoms in total. The van der Waals surface area contributed by atoms with Crippen molar-refractivity contribution in [3.63, 3.8) is 0 Å². The Bertz CT molecular complexity index is 908. The standard InChI is InChI=1S/C11H8N2O3.C5H3ClN2O2/c14-13(15)10-7-4-8-12-11(10)16-9-5-2-1-3-6-9;6-5-4(8(9)10)2-1-3-7-5/h1-8H;1-3H. The highest BCUT2D eigenvalue weighted by molar-refractivity contribution is 6.31. The summed E-state index contributed by atoms with van der Waals surface area (Å²) in [5.74, 6) is 0.517. The van der Waals surface area contributed by atoms with Crippen molar-refractivity contribution in [3.05, 3.63) is 92.4 Å². The predicted molar refractivity (Wildman–Crippen MR) is 93.3 cm³/mol. The van der Waals surface area contributed by atoms with E-state index in [1.807, 2.05) is 6.07 Å². The molecule has 10 heteroatoms. The Morgan fingerprint density at radius 3 is 1.92 bits per heavy atom. The number of ether oxygens (including phenoxy) is 1. The van der Waals surface area contributed by atoms with E-state index in [0.717, 1.165) is 0 Å². The van der Waals surface area contributed by atoms with E-state index in [0.29, 0.717) is 5.75 Å². The number of nitrogens with zero attached hydrogens (tertiary/aromatic N) is 4. The van der Waals surface area contributed by atoms with Crippen LogP contribution in [0.4, 0.5) is 11.4 Å². The summed E-state index contributed by atoms with van der Waals surface area (Å²) in [6, 6.07) is 14.4. The molecule has 1 aromatic carbocycles. The van der Waals surface area contributed by atoms with Crippen LogP contribution in [0.3, 0.4) is 0 Å². The monoisotopic (exact) mass is 374 g/mol. The zero-order valence-electron chi connectivity index (χ0n) is 13.1. The Hall–Kier alpha value is -3.59. The van der Waals surface area contributed by atoms with Crippen molar-refractivity contribution in [1.29, 1.82) is 0 Å². The van der Waals surface area contributed by atoms with Gasteiger partial charge < -0.3 is 4.74 Å². The first-order chi connectivity index (χ1) is 12.5. The van der Waals surface area contributed by atoms with Gasteiger partial charge in [-0.25, -0.2) is 9.97 Å². The van der Waals surface area contributed by atoms with Crippen LogP contribution in [0.2, 0.25) is 5.15 Å². The van der Waals surface area contributed by atoms with E-state index < -0.39 is 9.85 Å². The molecule has 3 aromatic rings. The normalized spacial score (nSPS) is 9.58. The average Bonchev–Trinajstić information content (AvgIpc) is 2.63. The molecule has 0 N–H and O–H groups in total. The van der Waals surface area contributed by atoms with E-state index in [1.165, 1.54) is 36.7 Å². The Morgan fingerprint density at radius 1 is 0.808 bits per heavy atom. The highest BCUT2D eigenvalue weighted by Crippen LogP contribution is 2.27. The van der Waals surface area contributed by atoms with Crippen LogP contribution >= 0.6 is 11.6 Å². The Labute approximate surface area is 152 Å². The van der Waals surface area contributed by atoms with Crippen molar-refractivity contribution >= 4 is 23.0 Å². The lowest BCUT2D eigenvalue weighted by Crippen LogP contribution is -1.95. The van der Waals surface area contributed by atoms with Crippen molar-refractivity contribution < 1.29 is 14.6 Å². The number of benzene rings is 1. The summed E-state index contributed by atoms with van der Waals surface area (Å²) < 4.78 is 5.32. The zero-order chi connectivity index (χ0) is 18.9. The SMILES string of the molecule is O=[N+]([O-])c1cccnc1Cl.O=[N+]([O-])c1cccnc1Oc1ccccc1. The van der Waals surface area contributed by atoms with Gasteiger partial charge in [0.15, 0.2) is 0 Å². The number of rotatable bonds is 4. The highest BCUT2D eigenvalue weighted by Gasteiger charge is 2.15. The smallest absolute Gasteiger partial charge is 0.331 e. The molecule has 26 heavy (non-hydrogen) atoms. The van der Waals surface area contributed by atoms with Crippen LogP contribution in [0.1, 0.15) is 0 Å². The van der Waals surface area contributed by atoms with Gasteiger partial charge in [0.05, 0.1) is 9.85 Å². The van der Waals surface area contributed by atoms with Gasteiger partial charge in [0.25, 0.3) is 5.88 Å². The van der Waals surface area contributed by atoms with E-state index in [4.69, 9.17) is 16.3 Å². The van der Waals surface area contributed by atoms with Crippen LogP contribution in [0.15, 0.2) is 67.0 Å². The summed E-state index contributed by atoms with van der Waals surface area (Å²) in [6.45, 7) is 0. The summed E-state index contributed by atoms with van der Waals surface area (Å²) in [5.41, 5.74) is -0.310. The minimum Gasteiger partial charge on any atom is -0.434 e. The molecule has 0 aliphatic rings. The lowest BCUT2D eigenvalue weighted by Gasteiger charge is -2.03. The number of halogens is 1. The molecule has 0 atom stereocenters. The molecule has 0 fully saturated rings. The number of hydrogen-bond donors (Lipinski definition) is 0. The van der Waals surface area contributed by atoms with Gasteiger partial charge in [-0.2, -0.15) is 0 Å². The van der Waals surface area contributed by atoms with Gasteiger partial charge in [0.2, 0.25) is 5.15 Å². The molecule has 0 radical (unpaired) electrons. The van der Waals surface area contributed by atoms with E-state index in [-0.39, 0.29) is 22.4 Å². The fourth-order valence-corrected chi connectivity index (χ4v) is 1.90. The number of para-hydroxylation sites is 1. The van der Waals surface area contributed by atoms with Crippen LogP contribution in [0.5, 0.6) is 11.6 Å². The number of nitro groups is 2. The third kappa shape index (κ3) is 5.21. The fraction of sp³-hybridized carbons (Fsp3) is 0. The maximum atomic E-state index is 10.7. The van der Waals surface area contributed by atoms with Crippen molar-refractivity contribution in [2.24, 2.45) is 0 Å². The van der Waals surface area contributed by atoms with Crippen molar-refractivity contribution in [2.75, 3.05) is 0 Å². The van der Waals surface area contributed by atoms with E-state index in [1.54, 1.807) is 24.3 Å². The summed E-state index contributed by atoms with van der Waals surface area (Å²) >= 11 is 5.37. The predicted octanol–water partition coefficient (Wildman–Crippen LogP) is 4.43. The van der Waals surface area contributed by atoms with Gasteiger partial charge in [-0.3, -0.25) is 20.2 Å². The summed E-state index contributed by atoms with van der Waals surface area (Å²) in [5, 5.41) is 20.7. The molecular formula is C16H11ClN4O5. The molecule has 2 heterocycles. The molecule has 0 aliphatic heterocycles. The third-order valence-electron chi connectivity index (χ3n) is 2.84. The summed E-state index contributed by atoms with van der Waals surface area (Å²) in [7, 11) is 0. The first kappa shape index (κ1) is 18.7. The molecule has 2 aromatic heterocycles. The number of hydrogen-bond acceptors (Lipinski definition) is 7. The summed E-state index contributed by atoms with van der Waals surface area (Å²) in [4.78, 5) is 27.1. The Balaban J connectivity index is 0.000000209. The summed E-state index contributed by atoms with van der Waals surface area (Å²) in [6.07, 6.45) is 2.85. The number of pyridine rings is 2. The first-order valence-corrected chi connectivity index (χ1v) is 7.44. The quantitative estimate of drug-likeness (QED) is 0.376. The van der Waals surface area contributed by atoms with Gasteiger partial charge >= 0.3 is 11.4 Å². The van der Waals surface area contributed by atoms with Gasteiger partial charge in [-0.05, 0) is 24.3 Å².